The lowest BCUT2D eigenvalue weighted by molar-refractivity contribution is 0.0816. The van der Waals surface area contributed by atoms with Crippen LogP contribution in [-0.2, 0) is 12.2 Å². The Kier molecular flexibility index (Phi) is 3.12. The van der Waals surface area contributed by atoms with Gasteiger partial charge in [-0.1, -0.05) is 24.3 Å². The van der Waals surface area contributed by atoms with Crippen molar-refractivity contribution >= 4 is 5.69 Å². The molecule has 2 aromatic carbocycles. The Morgan fingerprint density at radius 1 is 1.25 bits per heavy atom. The van der Waals surface area contributed by atoms with Gasteiger partial charge in [0.25, 0.3) is 0 Å². The van der Waals surface area contributed by atoms with Gasteiger partial charge in [-0.25, -0.2) is 0 Å². The van der Waals surface area contributed by atoms with Crippen molar-refractivity contribution in [3.63, 3.8) is 0 Å². The molecule has 0 radical (unpaired) electrons. The van der Waals surface area contributed by atoms with E-state index in [9.17, 15) is 5.11 Å². The fourth-order valence-corrected chi connectivity index (χ4v) is 2.82. The number of fused-ring (bicyclic) bond motifs is 2. The molecule has 1 aliphatic rings. The van der Waals surface area contributed by atoms with E-state index in [1.165, 1.54) is 0 Å². The van der Waals surface area contributed by atoms with E-state index in [1.807, 2.05) is 49.5 Å². The fraction of sp³-hybridized carbons (Fsp3) is 0.250. The zero-order valence-corrected chi connectivity index (χ0v) is 11.4. The molecule has 2 aromatic rings. The van der Waals surface area contributed by atoms with Crippen LogP contribution in [0.25, 0.3) is 0 Å². The first-order chi connectivity index (χ1) is 9.65. The summed E-state index contributed by atoms with van der Waals surface area (Å²) >= 11 is 0. The Labute approximate surface area is 118 Å². The van der Waals surface area contributed by atoms with Crippen LogP contribution in [0.4, 0.5) is 5.69 Å². The van der Waals surface area contributed by atoms with Crippen molar-refractivity contribution in [2.24, 2.45) is 0 Å². The molecular weight excluding hydrogens is 252 g/mol. The number of rotatable bonds is 2. The molecule has 4 heteroatoms. The molecule has 1 unspecified atom stereocenters. The summed E-state index contributed by atoms with van der Waals surface area (Å²) in [6.45, 7) is 0.813. The van der Waals surface area contributed by atoms with Gasteiger partial charge in [0.1, 0.15) is 18.0 Å². The number of benzene rings is 2. The van der Waals surface area contributed by atoms with Crippen molar-refractivity contribution in [1.82, 2.24) is 5.32 Å². The molecule has 20 heavy (non-hydrogen) atoms. The number of aliphatic hydroxyl groups is 1. The summed E-state index contributed by atoms with van der Waals surface area (Å²) < 4.78 is 5.83. The molecular formula is C16H18N2O2. The number of hydrogen-bond acceptors (Lipinski definition) is 4. The van der Waals surface area contributed by atoms with Crippen LogP contribution >= 0.6 is 0 Å². The van der Waals surface area contributed by atoms with E-state index in [4.69, 9.17) is 10.5 Å². The second kappa shape index (κ2) is 4.81. The molecule has 0 saturated heterocycles. The Morgan fingerprint density at radius 3 is 2.85 bits per heavy atom. The van der Waals surface area contributed by atoms with Crippen molar-refractivity contribution in [3.8, 4) is 5.75 Å². The molecule has 1 aliphatic heterocycles. The average Bonchev–Trinajstić information content (AvgIpc) is 2.56. The minimum Gasteiger partial charge on any atom is -0.488 e. The molecule has 0 spiro atoms. The number of nitrogen functional groups attached to an aromatic ring is 1. The van der Waals surface area contributed by atoms with Crippen LogP contribution < -0.4 is 15.8 Å². The van der Waals surface area contributed by atoms with Crippen LogP contribution in [0.5, 0.6) is 5.75 Å². The standard InChI is InChI=1S/C16H18N2O2/c1-18-10-16(19)13-7-6-12(17)8-11(13)9-20-15-5-3-2-4-14(15)16/h2-8,18-19H,9-10,17H2,1H3. The summed E-state index contributed by atoms with van der Waals surface area (Å²) in [4.78, 5) is 0. The lowest BCUT2D eigenvalue weighted by Crippen LogP contribution is -2.38. The zero-order chi connectivity index (χ0) is 14.2. The Morgan fingerprint density at radius 2 is 2.05 bits per heavy atom. The van der Waals surface area contributed by atoms with Gasteiger partial charge in [-0.15, -0.1) is 0 Å². The quantitative estimate of drug-likeness (QED) is 0.725. The Bertz CT molecular complexity index is 642. The van der Waals surface area contributed by atoms with E-state index in [0.717, 1.165) is 16.7 Å². The number of para-hydroxylation sites is 1. The van der Waals surface area contributed by atoms with Gasteiger partial charge in [-0.05, 0) is 36.4 Å². The zero-order valence-electron chi connectivity index (χ0n) is 11.4. The molecule has 0 saturated carbocycles. The number of nitrogens with one attached hydrogen (secondary N) is 1. The van der Waals surface area contributed by atoms with Gasteiger partial charge in [0.2, 0.25) is 0 Å². The molecule has 0 fully saturated rings. The third-order valence-corrected chi connectivity index (χ3v) is 3.72. The van der Waals surface area contributed by atoms with E-state index in [0.29, 0.717) is 24.6 Å². The third kappa shape index (κ3) is 1.94. The Hall–Kier alpha value is -2.04. The number of likely N-dealkylation sites (N-methyl/N-ethyl adjacent to an activating group) is 1. The Balaban J connectivity index is 2.25. The maximum absolute atomic E-state index is 11.3. The topological polar surface area (TPSA) is 67.5 Å². The predicted octanol–water partition coefficient (Wildman–Crippen LogP) is 1.62. The average molecular weight is 270 g/mol. The van der Waals surface area contributed by atoms with Gasteiger partial charge in [0.15, 0.2) is 0 Å². The molecule has 104 valence electrons. The molecule has 0 amide bonds. The first-order valence-electron chi connectivity index (χ1n) is 6.63. The molecule has 4 nitrogen and oxygen atoms in total. The van der Waals surface area contributed by atoms with Crippen molar-refractivity contribution in [1.29, 1.82) is 0 Å². The number of nitrogens with two attached hydrogens (primary N) is 1. The van der Waals surface area contributed by atoms with Crippen LogP contribution in [0.3, 0.4) is 0 Å². The minimum absolute atomic E-state index is 0.406. The molecule has 0 aliphatic carbocycles. The highest BCUT2D eigenvalue weighted by Crippen LogP contribution is 2.40. The van der Waals surface area contributed by atoms with Gasteiger partial charge in [0.05, 0.1) is 0 Å². The van der Waals surface area contributed by atoms with E-state index in [-0.39, 0.29) is 0 Å². The van der Waals surface area contributed by atoms with E-state index in [1.54, 1.807) is 0 Å². The molecule has 0 aromatic heterocycles. The van der Waals surface area contributed by atoms with Gasteiger partial charge in [0, 0.05) is 17.8 Å². The number of ether oxygens (including phenoxy) is 1. The van der Waals surface area contributed by atoms with Crippen LogP contribution in [0, 0.1) is 0 Å². The summed E-state index contributed by atoms with van der Waals surface area (Å²) in [7, 11) is 1.82. The van der Waals surface area contributed by atoms with Crippen LogP contribution in [0.1, 0.15) is 16.7 Å². The van der Waals surface area contributed by atoms with E-state index in [2.05, 4.69) is 5.32 Å². The fourth-order valence-electron chi connectivity index (χ4n) is 2.82. The van der Waals surface area contributed by atoms with E-state index >= 15 is 0 Å². The maximum atomic E-state index is 11.3. The van der Waals surface area contributed by atoms with Gasteiger partial charge in [-0.2, -0.15) is 0 Å². The minimum atomic E-state index is -1.12. The summed E-state index contributed by atoms with van der Waals surface area (Å²) in [5.41, 5.74) is 7.93. The van der Waals surface area contributed by atoms with Crippen molar-refractivity contribution in [2.45, 2.75) is 12.2 Å². The maximum Gasteiger partial charge on any atom is 0.131 e. The van der Waals surface area contributed by atoms with Crippen LogP contribution in [0.2, 0.25) is 0 Å². The highest BCUT2D eigenvalue weighted by atomic mass is 16.5. The predicted molar refractivity (Wildman–Crippen MR) is 78.6 cm³/mol. The molecule has 4 N–H and O–H groups in total. The van der Waals surface area contributed by atoms with E-state index < -0.39 is 5.60 Å². The summed E-state index contributed by atoms with van der Waals surface area (Å²) in [6, 6.07) is 13.2. The number of anilines is 1. The van der Waals surface area contributed by atoms with Gasteiger partial charge in [-0.3, -0.25) is 0 Å². The summed E-state index contributed by atoms with van der Waals surface area (Å²) in [5.74, 6) is 0.708. The number of hydrogen-bond donors (Lipinski definition) is 3. The first-order valence-corrected chi connectivity index (χ1v) is 6.63. The lowest BCUT2D eigenvalue weighted by Gasteiger charge is -2.29. The largest absolute Gasteiger partial charge is 0.488 e. The van der Waals surface area contributed by atoms with Crippen LogP contribution in [-0.4, -0.2) is 18.7 Å². The molecule has 1 heterocycles. The van der Waals surface area contributed by atoms with Crippen LogP contribution in [0.15, 0.2) is 42.5 Å². The normalized spacial score (nSPS) is 20.5. The monoisotopic (exact) mass is 270 g/mol. The second-order valence-corrected chi connectivity index (χ2v) is 5.09. The summed E-state index contributed by atoms with van der Waals surface area (Å²) in [5, 5.41) is 14.3. The van der Waals surface area contributed by atoms with Gasteiger partial charge < -0.3 is 20.9 Å². The van der Waals surface area contributed by atoms with Crippen molar-refractivity contribution in [3.05, 3.63) is 59.2 Å². The highest BCUT2D eigenvalue weighted by molar-refractivity contribution is 5.53. The van der Waals surface area contributed by atoms with Crippen molar-refractivity contribution in [2.75, 3.05) is 19.3 Å². The van der Waals surface area contributed by atoms with Gasteiger partial charge >= 0.3 is 0 Å². The smallest absolute Gasteiger partial charge is 0.131 e. The second-order valence-electron chi connectivity index (χ2n) is 5.09. The molecule has 0 bridgehead atoms. The third-order valence-electron chi connectivity index (χ3n) is 3.72. The molecule has 3 rings (SSSR count). The first kappa shape index (κ1) is 13.0. The van der Waals surface area contributed by atoms with Crippen molar-refractivity contribution < 1.29 is 9.84 Å². The SMILES string of the molecule is CNCC1(O)c2ccc(N)cc2COc2ccccc21. The highest BCUT2D eigenvalue weighted by Gasteiger charge is 2.37. The summed E-state index contributed by atoms with van der Waals surface area (Å²) in [6.07, 6.45) is 0. The molecule has 1 atom stereocenters. The lowest BCUT2D eigenvalue weighted by atomic mass is 9.83.